The molecule has 0 aliphatic rings. The Balaban J connectivity index is 2.07. The van der Waals surface area contributed by atoms with Gasteiger partial charge in [0, 0.05) is 10.5 Å². The number of ether oxygens (including phenoxy) is 3. The zero-order chi connectivity index (χ0) is 17.5. The van der Waals surface area contributed by atoms with Crippen LogP contribution >= 0.6 is 31.9 Å². The van der Waals surface area contributed by atoms with Crippen molar-refractivity contribution in [1.82, 2.24) is 0 Å². The van der Waals surface area contributed by atoms with Crippen LogP contribution in [0, 0.1) is 11.3 Å². The molecule has 0 N–H and O–H groups in total. The third kappa shape index (κ3) is 4.98. The van der Waals surface area contributed by atoms with Gasteiger partial charge < -0.3 is 14.2 Å². The van der Waals surface area contributed by atoms with Gasteiger partial charge in [-0.25, -0.2) is 4.79 Å². The van der Waals surface area contributed by atoms with Gasteiger partial charge in [0.05, 0.1) is 22.7 Å². The van der Waals surface area contributed by atoms with Crippen LogP contribution in [0.15, 0.2) is 45.3 Å². The highest BCUT2D eigenvalue weighted by molar-refractivity contribution is 9.10. The SMILES string of the molecule is CCOc1cc(C#N)cc(Br)c1OC(=O)COc1ccc(Br)cc1. The molecular formula is C17H13Br2NO4. The molecule has 124 valence electrons. The largest absolute Gasteiger partial charge is 0.490 e. The number of nitrogens with zero attached hydrogens (tertiary/aromatic N) is 1. The summed E-state index contributed by atoms with van der Waals surface area (Å²) in [5.41, 5.74) is 0.399. The summed E-state index contributed by atoms with van der Waals surface area (Å²) in [6.07, 6.45) is 0. The van der Waals surface area contributed by atoms with Crippen molar-refractivity contribution in [3.8, 4) is 23.3 Å². The van der Waals surface area contributed by atoms with Gasteiger partial charge in [0.25, 0.3) is 0 Å². The Hall–Kier alpha value is -2.04. The standard InChI is InChI=1S/C17H13Br2NO4/c1-2-22-15-8-11(9-20)7-14(19)17(15)24-16(21)10-23-13-5-3-12(18)4-6-13/h3-8H,2,10H2,1H3. The Bertz CT molecular complexity index is 769. The second kappa shape index (κ2) is 8.71. The maximum Gasteiger partial charge on any atom is 0.349 e. The van der Waals surface area contributed by atoms with E-state index in [2.05, 4.69) is 31.9 Å². The number of esters is 1. The molecule has 0 aliphatic carbocycles. The predicted molar refractivity (Wildman–Crippen MR) is 95.3 cm³/mol. The van der Waals surface area contributed by atoms with Crippen LogP contribution in [0.25, 0.3) is 0 Å². The summed E-state index contributed by atoms with van der Waals surface area (Å²) in [6.45, 7) is 1.93. The normalized spacial score (nSPS) is 9.92. The molecule has 0 saturated carbocycles. The molecule has 5 nitrogen and oxygen atoms in total. The minimum Gasteiger partial charge on any atom is -0.490 e. The van der Waals surface area contributed by atoms with E-state index in [4.69, 9.17) is 19.5 Å². The van der Waals surface area contributed by atoms with E-state index in [9.17, 15) is 4.79 Å². The third-order valence-corrected chi connectivity index (χ3v) is 3.94. The van der Waals surface area contributed by atoms with E-state index in [1.165, 1.54) is 6.07 Å². The lowest BCUT2D eigenvalue weighted by Crippen LogP contribution is -2.18. The summed E-state index contributed by atoms with van der Waals surface area (Å²) in [7, 11) is 0. The zero-order valence-corrected chi connectivity index (χ0v) is 15.9. The van der Waals surface area contributed by atoms with Crippen LogP contribution in [0.4, 0.5) is 0 Å². The first-order chi connectivity index (χ1) is 11.5. The summed E-state index contributed by atoms with van der Waals surface area (Å²) >= 11 is 6.61. The van der Waals surface area contributed by atoms with Crippen LogP contribution in [-0.4, -0.2) is 19.2 Å². The van der Waals surface area contributed by atoms with E-state index in [0.717, 1.165) is 4.47 Å². The number of hydrogen-bond donors (Lipinski definition) is 0. The van der Waals surface area contributed by atoms with E-state index < -0.39 is 5.97 Å². The van der Waals surface area contributed by atoms with E-state index in [-0.39, 0.29) is 12.4 Å². The monoisotopic (exact) mass is 453 g/mol. The van der Waals surface area contributed by atoms with E-state index in [0.29, 0.717) is 28.1 Å². The number of nitriles is 1. The van der Waals surface area contributed by atoms with Gasteiger partial charge in [-0.05, 0) is 53.2 Å². The van der Waals surface area contributed by atoms with Crippen LogP contribution in [-0.2, 0) is 4.79 Å². The Labute approximate surface area is 156 Å². The summed E-state index contributed by atoms with van der Waals surface area (Å²) in [5, 5.41) is 9.00. The number of hydrogen-bond acceptors (Lipinski definition) is 5. The number of halogens is 2. The van der Waals surface area contributed by atoms with Crippen molar-refractivity contribution in [1.29, 1.82) is 5.26 Å². The molecule has 24 heavy (non-hydrogen) atoms. The zero-order valence-electron chi connectivity index (χ0n) is 12.7. The summed E-state index contributed by atoms with van der Waals surface area (Å²) in [5.74, 6) is 0.518. The van der Waals surface area contributed by atoms with Crippen LogP contribution in [0.5, 0.6) is 17.2 Å². The Morgan fingerprint density at radius 1 is 1.17 bits per heavy atom. The lowest BCUT2D eigenvalue weighted by Gasteiger charge is -2.13. The molecule has 0 unspecified atom stereocenters. The van der Waals surface area contributed by atoms with Crippen molar-refractivity contribution >= 4 is 37.8 Å². The van der Waals surface area contributed by atoms with E-state index >= 15 is 0 Å². The average Bonchev–Trinajstić information content (AvgIpc) is 2.57. The fourth-order valence-electron chi connectivity index (χ4n) is 1.81. The average molecular weight is 455 g/mol. The number of carbonyl (C=O) groups excluding carboxylic acids is 1. The molecule has 2 aromatic carbocycles. The third-order valence-electron chi connectivity index (χ3n) is 2.82. The Morgan fingerprint density at radius 3 is 2.50 bits per heavy atom. The van der Waals surface area contributed by atoms with Crippen LogP contribution in [0.3, 0.4) is 0 Å². The first-order valence-electron chi connectivity index (χ1n) is 6.99. The first-order valence-corrected chi connectivity index (χ1v) is 8.57. The van der Waals surface area contributed by atoms with Crippen molar-refractivity contribution in [2.45, 2.75) is 6.92 Å². The molecule has 0 fully saturated rings. The fraction of sp³-hybridized carbons (Fsp3) is 0.176. The molecule has 0 spiro atoms. The molecular weight excluding hydrogens is 442 g/mol. The maximum atomic E-state index is 12.0. The van der Waals surface area contributed by atoms with Crippen molar-refractivity contribution < 1.29 is 19.0 Å². The molecule has 2 rings (SSSR count). The maximum absolute atomic E-state index is 12.0. The fourth-order valence-corrected chi connectivity index (χ4v) is 2.60. The van der Waals surface area contributed by atoms with Crippen molar-refractivity contribution in [3.05, 3.63) is 50.9 Å². The second-order valence-electron chi connectivity index (χ2n) is 4.55. The number of carbonyl (C=O) groups is 1. The van der Waals surface area contributed by atoms with Crippen molar-refractivity contribution in [2.24, 2.45) is 0 Å². The molecule has 0 radical (unpaired) electrons. The lowest BCUT2D eigenvalue weighted by atomic mass is 10.2. The van der Waals surface area contributed by atoms with E-state index in [1.807, 2.05) is 18.2 Å². The molecule has 0 aliphatic heterocycles. The highest BCUT2D eigenvalue weighted by Crippen LogP contribution is 2.37. The molecule has 2 aromatic rings. The topological polar surface area (TPSA) is 68.5 Å². The molecule has 0 atom stereocenters. The van der Waals surface area contributed by atoms with E-state index in [1.54, 1.807) is 25.1 Å². The molecule has 0 amide bonds. The minimum absolute atomic E-state index is 0.222. The van der Waals surface area contributed by atoms with Crippen LogP contribution in [0.1, 0.15) is 12.5 Å². The highest BCUT2D eigenvalue weighted by Gasteiger charge is 2.16. The second-order valence-corrected chi connectivity index (χ2v) is 6.32. The van der Waals surface area contributed by atoms with Gasteiger partial charge in [0.1, 0.15) is 5.75 Å². The van der Waals surface area contributed by atoms with Gasteiger partial charge in [-0.15, -0.1) is 0 Å². The molecule has 0 aromatic heterocycles. The van der Waals surface area contributed by atoms with Gasteiger partial charge in [-0.2, -0.15) is 5.26 Å². The molecule has 7 heteroatoms. The first kappa shape index (κ1) is 18.3. The quantitative estimate of drug-likeness (QED) is 0.475. The number of rotatable bonds is 6. The van der Waals surface area contributed by atoms with Crippen LogP contribution < -0.4 is 14.2 Å². The highest BCUT2D eigenvalue weighted by atomic mass is 79.9. The van der Waals surface area contributed by atoms with Gasteiger partial charge in [-0.1, -0.05) is 15.9 Å². The summed E-state index contributed by atoms with van der Waals surface area (Å²) < 4.78 is 17.5. The Morgan fingerprint density at radius 2 is 1.88 bits per heavy atom. The predicted octanol–water partition coefficient (Wildman–Crippen LogP) is 4.47. The lowest BCUT2D eigenvalue weighted by molar-refractivity contribution is -0.136. The summed E-state index contributed by atoms with van der Waals surface area (Å²) in [6, 6.07) is 12.2. The molecule has 0 saturated heterocycles. The molecule has 0 bridgehead atoms. The summed E-state index contributed by atoms with van der Waals surface area (Å²) in [4.78, 5) is 12.0. The van der Waals surface area contributed by atoms with Crippen LogP contribution in [0.2, 0.25) is 0 Å². The van der Waals surface area contributed by atoms with Gasteiger partial charge >= 0.3 is 5.97 Å². The Kier molecular flexibility index (Phi) is 6.64. The van der Waals surface area contributed by atoms with Crippen molar-refractivity contribution in [3.63, 3.8) is 0 Å². The van der Waals surface area contributed by atoms with Gasteiger partial charge in [-0.3, -0.25) is 0 Å². The van der Waals surface area contributed by atoms with Gasteiger partial charge in [0.15, 0.2) is 18.1 Å². The number of benzene rings is 2. The smallest absolute Gasteiger partial charge is 0.349 e. The van der Waals surface area contributed by atoms with Gasteiger partial charge in [0.2, 0.25) is 0 Å². The van der Waals surface area contributed by atoms with Crippen molar-refractivity contribution in [2.75, 3.05) is 13.2 Å². The molecule has 0 heterocycles. The minimum atomic E-state index is -0.579.